The van der Waals surface area contributed by atoms with Crippen LogP contribution in [-0.2, 0) is 15.5 Å². The number of piperidine rings is 1. The molecular formula is C30H35F3N7O3P. The quantitative estimate of drug-likeness (QED) is 0.243. The van der Waals surface area contributed by atoms with Crippen molar-refractivity contribution in [2.24, 2.45) is 0 Å². The van der Waals surface area contributed by atoms with Crippen LogP contribution < -0.4 is 10.6 Å². The third kappa shape index (κ3) is 5.75. The summed E-state index contributed by atoms with van der Waals surface area (Å²) >= 11 is 0. The molecule has 1 aromatic carbocycles. The summed E-state index contributed by atoms with van der Waals surface area (Å²) in [5.41, 5.74) is -1.97. The Balaban J connectivity index is 1.64. The number of carbonyl (C=O) groups excluding carboxylic acids is 1. The lowest BCUT2D eigenvalue weighted by atomic mass is 9.88. The van der Waals surface area contributed by atoms with Gasteiger partial charge < -0.3 is 24.5 Å². The summed E-state index contributed by atoms with van der Waals surface area (Å²) in [4.78, 5) is 26.4. The van der Waals surface area contributed by atoms with E-state index in [-0.39, 0.29) is 46.2 Å². The summed E-state index contributed by atoms with van der Waals surface area (Å²) in [5.74, 6) is 0.117. The van der Waals surface area contributed by atoms with Gasteiger partial charge in [-0.25, -0.2) is 14.8 Å². The number of nitrogens with zero attached hydrogens (tertiary/aromatic N) is 5. The summed E-state index contributed by atoms with van der Waals surface area (Å²) in [7, 11) is -3.01. The van der Waals surface area contributed by atoms with Gasteiger partial charge in [-0.1, -0.05) is 6.07 Å². The summed E-state index contributed by atoms with van der Waals surface area (Å²) in [6, 6.07) is 4.68. The molecular weight excluding hydrogens is 594 g/mol. The van der Waals surface area contributed by atoms with E-state index in [1.807, 2.05) is 19.9 Å². The number of ether oxygens (including phenoxy) is 1. The lowest BCUT2D eigenvalue weighted by Crippen LogP contribution is -2.57. The van der Waals surface area contributed by atoms with Crippen molar-refractivity contribution in [3.05, 3.63) is 42.0 Å². The van der Waals surface area contributed by atoms with E-state index in [0.717, 1.165) is 4.40 Å². The average Bonchev–Trinajstić information content (AvgIpc) is 3.53. The number of imidazole rings is 1. The van der Waals surface area contributed by atoms with Crippen molar-refractivity contribution in [2.75, 3.05) is 25.2 Å². The lowest BCUT2D eigenvalue weighted by Gasteiger charge is -2.45. The fraction of sp³-hybridized carbons (Fsp3) is 0.467. The first kappa shape index (κ1) is 31.4. The maximum absolute atomic E-state index is 14.7. The van der Waals surface area contributed by atoms with Crippen LogP contribution in [0.1, 0.15) is 58.7 Å². The van der Waals surface area contributed by atoms with Gasteiger partial charge in [-0.2, -0.15) is 18.4 Å². The zero-order valence-electron chi connectivity index (χ0n) is 25.6. The minimum Gasteiger partial charge on any atom is -0.444 e. The second-order valence-corrected chi connectivity index (χ2v) is 16.3. The second kappa shape index (κ2) is 10.5. The number of aromatic amines is 1. The number of rotatable bonds is 4. The molecule has 3 aromatic heterocycles. The predicted octanol–water partition coefficient (Wildman–Crippen LogP) is 6.61. The van der Waals surface area contributed by atoms with Crippen LogP contribution in [0.3, 0.4) is 0 Å². The number of hydrogen-bond donors (Lipinski definition) is 2. The molecule has 2 N–H and O–H groups in total. The molecule has 0 radical (unpaired) electrons. The Morgan fingerprint density at radius 3 is 2.57 bits per heavy atom. The molecule has 0 saturated carbocycles. The molecule has 14 heteroatoms. The van der Waals surface area contributed by atoms with Crippen molar-refractivity contribution in [1.29, 1.82) is 5.26 Å². The van der Waals surface area contributed by atoms with E-state index in [9.17, 15) is 27.8 Å². The number of fused-ring (bicyclic) bond motifs is 2. The number of H-pyrrole nitrogens is 1. The number of halogens is 3. The number of likely N-dealkylation sites (tertiary alicyclic amines) is 1. The van der Waals surface area contributed by atoms with Gasteiger partial charge in [0, 0.05) is 47.7 Å². The van der Waals surface area contributed by atoms with E-state index < -0.39 is 36.2 Å². The van der Waals surface area contributed by atoms with Gasteiger partial charge in [0.1, 0.15) is 18.4 Å². The number of hydrogen-bond acceptors (Lipinski definition) is 7. The van der Waals surface area contributed by atoms with E-state index in [1.165, 1.54) is 44.1 Å². The van der Waals surface area contributed by atoms with E-state index in [0.29, 0.717) is 23.7 Å². The molecule has 1 fully saturated rings. The van der Waals surface area contributed by atoms with Gasteiger partial charge in [0.25, 0.3) is 0 Å². The van der Waals surface area contributed by atoms with Crippen molar-refractivity contribution in [3.8, 4) is 17.3 Å². The van der Waals surface area contributed by atoms with Crippen molar-refractivity contribution in [3.63, 3.8) is 0 Å². The number of nitrogens with one attached hydrogen (secondary N) is 2. The summed E-state index contributed by atoms with van der Waals surface area (Å²) < 4.78 is 63.9. The van der Waals surface area contributed by atoms with Crippen molar-refractivity contribution in [1.82, 2.24) is 24.3 Å². The standard InChI is InChI=1S/C30H35F3N7O3P/c1-28(2,3)43-27(41)40-16-18(10-11-29(40,4)5)37-25-26-35-12-13-39(26)24(30(31,32)33)22(38-25)20-15-36-21-19(20)9-8-17(14-34)23(21)44(6,7)42/h8-9,12-13,15,18,36H,10-11,16H2,1-7H3,(H,37,38)/t18-/m0/s1. The van der Waals surface area contributed by atoms with Crippen LogP contribution in [0.5, 0.6) is 0 Å². The van der Waals surface area contributed by atoms with Gasteiger partial charge >= 0.3 is 12.3 Å². The Hall–Kier alpha value is -4.04. The molecule has 0 aliphatic carbocycles. The average molecular weight is 630 g/mol. The molecule has 4 aromatic rings. The summed E-state index contributed by atoms with van der Waals surface area (Å²) in [6.07, 6.45) is -0.165. The zero-order valence-corrected chi connectivity index (χ0v) is 26.5. The molecule has 5 rings (SSSR count). The number of benzene rings is 1. The molecule has 0 unspecified atom stereocenters. The van der Waals surface area contributed by atoms with Gasteiger partial charge in [0.05, 0.1) is 22.5 Å². The molecule has 1 amide bonds. The highest BCUT2D eigenvalue weighted by Crippen LogP contribution is 2.44. The minimum absolute atomic E-state index is 0.0198. The fourth-order valence-corrected chi connectivity index (χ4v) is 7.17. The number of amides is 1. The molecule has 1 atom stereocenters. The van der Waals surface area contributed by atoms with Crippen molar-refractivity contribution < 1.29 is 27.3 Å². The van der Waals surface area contributed by atoms with Crippen LogP contribution in [0.25, 0.3) is 27.8 Å². The summed E-state index contributed by atoms with van der Waals surface area (Å²) in [5, 5.41) is 13.5. The van der Waals surface area contributed by atoms with Crippen LogP contribution in [-0.4, -0.2) is 67.4 Å². The highest BCUT2D eigenvalue weighted by molar-refractivity contribution is 7.70. The van der Waals surface area contributed by atoms with Crippen LogP contribution in [0.4, 0.5) is 23.8 Å². The van der Waals surface area contributed by atoms with E-state index in [2.05, 4.69) is 20.3 Å². The zero-order chi connectivity index (χ0) is 32.4. The third-order valence-electron chi connectivity index (χ3n) is 7.75. The smallest absolute Gasteiger partial charge is 0.433 e. The topological polar surface area (TPSA) is 128 Å². The normalized spacial score (nSPS) is 17.6. The van der Waals surface area contributed by atoms with Gasteiger partial charge in [-0.05, 0) is 66.9 Å². The maximum atomic E-state index is 14.7. The van der Waals surface area contributed by atoms with Crippen molar-refractivity contribution >= 4 is 40.9 Å². The number of nitriles is 1. The highest BCUT2D eigenvalue weighted by Gasteiger charge is 2.42. The maximum Gasteiger partial charge on any atom is 0.433 e. The first-order chi connectivity index (χ1) is 20.3. The van der Waals surface area contributed by atoms with Gasteiger partial charge in [-0.3, -0.25) is 4.40 Å². The molecule has 234 valence electrons. The number of alkyl halides is 3. The number of anilines is 1. The van der Waals surface area contributed by atoms with Crippen molar-refractivity contribution in [2.45, 2.75) is 70.8 Å². The first-order valence-corrected chi connectivity index (χ1v) is 16.7. The van der Waals surface area contributed by atoms with Gasteiger partial charge in [0.15, 0.2) is 17.2 Å². The molecule has 1 aliphatic rings. The minimum atomic E-state index is -4.81. The molecule has 44 heavy (non-hydrogen) atoms. The highest BCUT2D eigenvalue weighted by atomic mass is 31.2. The molecule has 1 saturated heterocycles. The SMILES string of the molecule is CC(C)(C)OC(=O)N1C[C@@H](Nc2nc(-c3c[nH]c4c(P(C)(C)=O)c(C#N)ccc34)c(C(F)(F)F)n3ccnc23)CCC1(C)C. The monoisotopic (exact) mass is 629 g/mol. The lowest BCUT2D eigenvalue weighted by molar-refractivity contribution is -0.141. The Labute approximate surface area is 253 Å². The third-order valence-corrected chi connectivity index (χ3v) is 9.29. The Kier molecular flexibility index (Phi) is 7.52. The fourth-order valence-electron chi connectivity index (χ4n) is 5.74. The van der Waals surface area contributed by atoms with Crippen LogP contribution in [0, 0.1) is 11.3 Å². The summed E-state index contributed by atoms with van der Waals surface area (Å²) in [6.45, 7) is 12.5. The predicted molar refractivity (Wildman–Crippen MR) is 163 cm³/mol. The molecule has 0 spiro atoms. The van der Waals surface area contributed by atoms with Gasteiger partial charge in [0.2, 0.25) is 0 Å². The molecule has 0 bridgehead atoms. The van der Waals surface area contributed by atoms with Gasteiger partial charge in [-0.15, -0.1) is 0 Å². The number of aromatic nitrogens is 4. The van der Waals surface area contributed by atoms with Crippen LogP contribution in [0.15, 0.2) is 30.7 Å². The Morgan fingerprint density at radius 1 is 1.25 bits per heavy atom. The van der Waals surface area contributed by atoms with E-state index >= 15 is 0 Å². The van der Waals surface area contributed by atoms with E-state index in [1.54, 1.807) is 25.7 Å². The Morgan fingerprint density at radius 2 is 1.95 bits per heavy atom. The number of carbonyl (C=O) groups is 1. The second-order valence-electron chi connectivity index (χ2n) is 13.1. The molecule has 10 nitrogen and oxygen atoms in total. The molecule has 4 heterocycles. The largest absolute Gasteiger partial charge is 0.444 e. The van der Waals surface area contributed by atoms with Crippen LogP contribution >= 0.6 is 7.14 Å². The van der Waals surface area contributed by atoms with Crippen LogP contribution in [0.2, 0.25) is 0 Å². The Bertz CT molecular complexity index is 1860. The van der Waals surface area contributed by atoms with E-state index in [4.69, 9.17) is 4.74 Å². The molecule has 1 aliphatic heterocycles. The first-order valence-electron chi connectivity index (χ1n) is 14.1.